The summed E-state index contributed by atoms with van der Waals surface area (Å²) in [6.45, 7) is 1.64. The molecule has 0 atom stereocenters. The highest BCUT2D eigenvalue weighted by atomic mass is 32.2. The van der Waals surface area contributed by atoms with E-state index in [0.717, 1.165) is 5.56 Å². The summed E-state index contributed by atoms with van der Waals surface area (Å²) < 4.78 is 29.1. The number of nitrogens with two attached hydrogens (primary N) is 1. The van der Waals surface area contributed by atoms with E-state index in [1.807, 2.05) is 0 Å². The highest BCUT2D eigenvalue weighted by Gasteiger charge is 2.12. The van der Waals surface area contributed by atoms with Crippen LogP contribution in [-0.4, -0.2) is 48.0 Å². The first-order chi connectivity index (χ1) is 13.7. The summed E-state index contributed by atoms with van der Waals surface area (Å²) in [7, 11) is -3.73. The Morgan fingerprint density at radius 1 is 1.14 bits per heavy atom. The number of ether oxygens (including phenoxy) is 1. The molecule has 1 amide bonds. The number of sulfonamides is 1. The van der Waals surface area contributed by atoms with Gasteiger partial charge in [0.05, 0.1) is 10.5 Å². The molecule has 3 rings (SSSR count). The Hall–Kier alpha value is -3.31. The number of hydrogen-bond donors (Lipinski definition) is 2. The van der Waals surface area contributed by atoms with Crippen molar-refractivity contribution in [1.29, 1.82) is 0 Å². The average Bonchev–Trinajstić information content (AvgIpc) is 3.06. The molecule has 152 valence electrons. The molecule has 2 aromatic heterocycles. The highest BCUT2D eigenvalue weighted by Crippen LogP contribution is 2.09. The Labute approximate surface area is 166 Å². The Morgan fingerprint density at radius 2 is 1.86 bits per heavy atom. The third-order valence-corrected chi connectivity index (χ3v) is 5.06. The van der Waals surface area contributed by atoms with Crippen molar-refractivity contribution in [2.45, 2.75) is 18.2 Å². The first-order valence-corrected chi connectivity index (χ1v) is 10.2. The van der Waals surface area contributed by atoms with Gasteiger partial charge < -0.3 is 10.1 Å². The monoisotopic (exact) mass is 417 g/mol. The van der Waals surface area contributed by atoms with E-state index in [-0.39, 0.29) is 10.5 Å². The van der Waals surface area contributed by atoms with Crippen LogP contribution in [0.2, 0.25) is 0 Å². The summed E-state index contributed by atoms with van der Waals surface area (Å²) in [5.41, 5.74) is 1.71. The van der Waals surface area contributed by atoms with Crippen LogP contribution in [0.15, 0.2) is 47.5 Å². The van der Waals surface area contributed by atoms with Gasteiger partial charge in [-0.1, -0.05) is 12.1 Å². The van der Waals surface area contributed by atoms with Crippen LogP contribution in [0.1, 0.15) is 21.7 Å². The molecule has 0 aliphatic rings. The molecule has 0 bridgehead atoms. The predicted octanol–water partition coefficient (Wildman–Crippen LogP) is 0.201. The molecule has 0 fully saturated rings. The molecular formula is C18H19N5O5S. The second kappa shape index (κ2) is 8.37. The lowest BCUT2D eigenvalue weighted by Crippen LogP contribution is -2.30. The van der Waals surface area contributed by atoms with E-state index in [1.165, 1.54) is 12.1 Å². The summed E-state index contributed by atoms with van der Waals surface area (Å²) >= 11 is 0. The zero-order valence-electron chi connectivity index (χ0n) is 15.5. The van der Waals surface area contributed by atoms with Crippen molar-refractivity contribution in [2.24, 2.45) is 5.14 Å². The molecule has 0 radical (unpaired) electrons. The minimum atomic E-state index is -3.73. The number of fused-ring (bicyclic) bond motifs is 1. The number of rotatable bonds is 7. The predicted molar refractivity (Wildman–Crippen MR) is 103 cm³/mol. The second-order valence-corrected chi connectivity index (χ2v) is 7.82. The van der Waals surface area contributed by atoms with Crippen LogP contribution in [0.4, 0.5) is 0 Å². The minimum absolute atomic E-state index is 0.0250. The fourth-order valence-electron chi connectivity index (χ4n) is 2.58. The van der Waals surface area contributed by atoms with Gasteiger partial charge in [-0.3, -0.25) is 9.20 Å². The molecular weight excluding hydrogens is 398 g/mol. The molecule has 0 unspecified atom stereocenters. The fourth-order valence-corrected chi connectivity index (χ4v) is 3.10. The SMILES string of the molecule is Cc1nnc2ccc(C(=O)OCC(=O)NCCc3ccc(S(N)(=O)=O)cc3)cn12. The number of nitrogens with zero attached hydrogens (tertiary/aromatic N) is 3. The van der Waals surface area contributed by atoms with Crippen LogP contribution in [-0.2, 0) is 26.0 Å². The van der Waals surface area contributed by atoms with Crippen LogP contribution in [0.3, 0.4) is 0 Å². The van der Waals surface area contributed by atoms with Gasteiger partial charge in [-0.05, 0) is 43.2 Å². The summed E-state index contributed by atoms with van der Waals surface area (Å²) in [6, 6.07) is 9.24. The topological polar surface area (TPSA) is 146 Å². The van der Waals surface area contributed by atoms with Gasteiger partial charge in [0.2, 0.25) is 10.0 Å². The molecule has 10 nitrogen and oxygen atoms in total. The van der Waals surface area contributed by atoms with E-state index in [4.69, 9.17) is 9.88 Å². The maximum atomic E-state index is 12.1. The summed E-state index contributed by atoms with van der Waals surface area (Å²) in [4.78, 5) is 24.0. The number of benzene rings is 1. The number of carbonyl (C=O) groups is 2. The van der Waals surface area contributed by atoms with Crippen molar-refractivity contribution in [1.82, 2.24) is 19.9 Å². The number of aryl methyl sites for hydroxylation is 1. The lowest BCUT2D eigenvalue weighted by atomic mass is 10.1. The molecule has 11 heteroatoms. The van der Waals surface area contributed by atoms with E-state index >= 15 is 0 Å². The lowest BCUT2D eigenvalue weighted by molar-refractivity contribution is -0.124. The minimum Gasteiger partial charge on any atom is -0.452 e. The third kappa shape index (κ3) is 5.15. The van der Waals surface area contributed by atoms with Crippen molar-refractivity contribution in [3.8, 4) is 0 Å². The van der Waals surface area contributed by atoms with Gasteiger partial charge in [0.25, 0.3) is 5.91 Å². The Morgan fingerprint density at radius 3 is 2.55 bits per heavy atom. The van der Waals surface area contributed by atoms with Crippen molar-refractivity contribution < 1.29 is 22.7 Å². The molecule has 0 aliphatic carbocycles. The van der Waals surface area contributed by atoms with Crippen LogP contribution < -0.4 is 10.5 Å². The summed E-state index contributed by atoms with van der Waals surface area (Å²) in [5.74, 6) is -0.445. The van der Waals surface area contributed by atoms with Gasteiger partial charge >= 0.3 is 5.97 Å². The van der Waals surface area contributed by atoms with E-state index in [9.17, 15) is 18.0 Å². The van der Waals surface area contributed by atoms with Gasteiger partial charge in [-0.25, -0.2) is 18.4 Å². The number of pyridine rings is 1. The smallest absolute Gasteiger partial charge is 0.340 e. The van der Waals surface area contributed by atoms with Gasteiger partial charge in [0.15, 0.2) is 12.3 Å². The normalized spacial score (nSPS) is 11.4. The first kappa shape index (κ1) is 20.4. The molecule has 0 saturated heterocycles. The third-order valence-electron chi connectivity index (χ3n) is 4.13. The van der Waals surface area contributed by atoms with Crippen molar-refractivity contribution in [3.63, 3.8) is 0 Å². The first-order valence-electron chi connectivity index (χ1n) is 8.61. The Balaban J connectivity index is 1.45. The number of carbonyl (C=O) groups excluding carboxylic acids is 2. The van der Waals surface area contributed by atoms with Crippen LogP contribution in [0.5, 0.6) is 0 Å². The molecule has 0 aliphatic heterocycles. The van der Waals surface area contributed by atoms with Gasteiger partial charge in [-0.15, -0.1) is 10.2 Å². The number of esters is 1. The molecule has 3 aromatic rings. The van der Waals surface area contributed by atoms with E-state index < -0.39 is 28.5 Å². The molecule has 0 saturated carbocycles. The number of hydrogen-bond acceptors (Lipinski definition) is 7. The Bertz CT molecular complexity index is 1160. The van der Waals surface area contributed by atoms with Crippen molar-refractivity contribution in [2.75, 3.05) is 13.2 Å². The average molecular weight is 417 g/mol. The summed E-state index contributed by atoms with van der Waals surface area (Å²) in [5, 5.41) is 15.5. The quantitative estimate of drug-likeness (QED) is 0.522. The van der Waals surface area contributed by atoms with Crippen molar-refractivity contribution >= 4 is 27.5 Å². The van der Waals surface area contributed by atoms with E-state index in [0.29, 0.717) is 24.4 Å². The van der Waals surface area contributed by atoms with Gasteiger partial charge in [-0.2, -0.15) is 0 Å². The molecule has 1 aromatic carbocycles. The van der Waals surface area contributed by atoms with Gasteiger partial charge in [0.1, 0.15) is 5.82 Å². The van der Waals surface area contributed by atoms with Gasteiger partial charge in [0, 0.05) is 12.7 Å². The number of primary sulfonamides is 1. The highest BCUT2D eigenvalue weighted by molar-refractivity contribution is 7.89. The van der Waals surface area contributed by atoms with Crippen LogP contribution in [0, 0.1) is 6.92 Å². The molecule has 2 heterocycles. The largest absolute Gasteiger partial charge is 0.452 e. The summed E-state index contributed by atoms with van der Waals surface area (Å²) in [6.07, 6.45) is 2.03. The maximum Gasteiger partial charge on any atom is 0.340 e. The Kier molecular flexibility index (Phi) is 5.89. The van der Waals surface area contributed by atoms with E-state index in [1.54, 1.807) is 41.8 Å². The van der Waals surface area contributed by atoms with Crippen LogP contribution >= 0.6 is 0 Å². The standard InChI is InChI=1S/C18H19N5O5S/c1-12-21-22-16-7-4-14(10-23(12)16)18(25)28-11-17(24)20-9-8-13-2-5-15(6-3-13)29(19,26)27/h2-7,10H,8-9,11H2,1H3,(H,20,24)(H2,19,26,27). The van der Waals surface area contributed by atoms with E-state index in [2.05, 4.69) is 15.5 Å². The molecule has 0 spiro atoms. The lowest BCUT2D eigenvalue weighted by Gasteiger charge is -2.07. The molecule has 29 heavy (non-hydrogen) atoms. The number of amides is 1. The maximum absolute atomic E-state index is 12.1. The molecule has 3 N–H and O–H groups in total. The number of aromatic nitrogens is 3. The fraction of sp³-hybridized carbons (Fsp3) is 0.222. The number of nitrogens with one attached hydrogen (secondary N) is 1. The van der Waals surface area contributed by atoms with Crippen LogP contribution in [0.25, 0.3) is 5.65 Å². The van der Waals surface area contributed by atoms with Crippen molar-refractivity contribution in [3.05, 3.63) is 59.5 Å². The zero-order chi connectivity index (χ0) is 21.0. The zero-order valence-corrected chi connectivity index (χ0v) is 16.3. The second-order valence-electron chi connectivity index (χ2n) is 6.26.